The van der Waals surface area contributed by atoms with Gasteiger partial charge in [0.15, 0.2) is 0 Å². The van der Waals surface area contributed by atoms with Gasteiger partial charge in [-0.15, -0.1) is 0 Å². The number of benzene rings is 1. The number of non-ortho nitro benzene ring substituents is 1. The third kappa shape index (κ3) is 4.16. The Kier molecular flexibility index (Phi) is 5.33. The molecule has 1 aromatic rings. The zero-order valence-electron chi connectivity index (χ0n) is 10.5. The Bertz CT molecular complexity index is 555. The van der Waals surface area contributed by atoms with Gasteiger partial charge < -0.3 is 4.74 Å². The summed E-state index contributed by atoms with van der Waals surface area (Å²) in [6.45, 7) is 3.29. The fourth-order valence-electron chi connectivity index (χ4n) is 1.56. The van der Waals surface area contributed by atoms with Crippen LogP contribution in [0.2, 0.25) is 0 Å². The molecule has 8 nitrogen and oxygen atoms in total. The van der Waals surface area contributed by atoms with Crippen LogP contribution in [-0.2, 0) is 16.0 Å². The van der Waals surface area contributed by atoms with Crippen molar-refractivity contribution in [2.45, 2.75) is 12.8 Å². The highest BCUT2D eigenvalue weighted by Crippen LogP contribution is 2.25. The topological polar surface area (TPSA) is 113 Å². The van der Waals surface area contributed by atoms with Crippen LogP contribution in [0.1, 0.15) is 12.0 Å². The van der Waals surface area contributed by atoms with E-state index in [1.165, 1.54) is 0 Å². The summed E-state index contributed by atoms with van der Waals surface area (Å²) in [5.74, 6) is -0.585. The Morgan fingerprint density at radius 2 is 2.00 bits per heavy atom. The zero-order chi connectivity index (χ0) is 15.1. The van der Waals surface area contributed by atoms with E-state index in [1.807, 2.05) is 0 Å². The molecule has 0 aliphatic rings. The predicted molar refractivity (Wildman–Crippen MR) is 69.2 cm³/mol. The molecule has 0 saturated heterocycles. The minimum Gasteiger partial charge on any atom is -0.463 e. The van der Waals surface area contributed by atoms with Crippen LogP contribution in [-0.4, -0.2) is 22.4 Å². The summed E-state index contributed by atoms with van der Waals surface area (Å²) in [6, 6.07) is 3.34. The number of carbonyl (C=O) groups is 1. The van der Waals surface area contributed by atoms with Gasteiger partial charge >= 0.3 is 5.97 Å². The normalized spacial score (nSPS) is 9.80. The lowest BCUT2D eigenvalue weighted by atomic mass is 10.1. The molecule has 0 fully saturated rings. The highest BCUT2D eigenvalue weighted by Gasteiger charge is 2.17. The minimum atomic E-state index is -0.620. The lowest BCUT2D eigenvalue weighted by Crippen LogP contribution is -2.04. The lowest BCUT2D eigenvalue weighted by molar-refractivity contribution is -0.389. The maximum absolute atomic E-state index is 10.8. The Morgan fingerprint density at radius 1 is 1.30 bits per heavy atom. The second kappa shape index (κ2) is 6.98. The number of ether oxygens (including phenoxy) is 1. The van der Waals surface area contributed by atoms with E-state index < -0.39 is 15.8 Å². The number of hydrogen-bond acceptors (Lipinski definition) is 6. The van der Waals surface area contributed by atoms with E-state index in [4.69, 9.17) is 4.74 Å². The third-order valence-corrected chi connectivity index (χ3v) is 2.47. The summed E-state index contributed by atoms with van der Waals surface area (Å²) >= 11 is 0. The van der Waals surface area contributed by atoms with E-state index in [0.717, 1.165) is 24.3 Å². The average molecular weight is 280 g/mol. The molecule has 0 aliphatic carbocycles. The average Bonchev–Trinajstić information content (AvgIpc) is 2.42. The molecule has 0 heterocycles. The SMILES string of the molecule is C=CC(=O)OCCCc1cc([N+](=O)[O-])ccc1[N+](=O)[O-]. The van der Waals surface area contributed by atoms with Gasteiger partial charge in [-0.25, -0.2) is 4.79 Å². The number of aryl methyl sites for hydroxylation is 1. The highest BCUT2D eigenvalue weighted by atomic mass is 16.6. The summed E-state index contributed by atoms with van der Waals surface area (Å²) in [6.07, 6.45) is 1.53. The molecule has 0 radical (unpaired) electrons. The number of carbonyl (C=O) groups excluding carboxylic acids is 1. The quantitative estimate of drug-likeness (QED) is 0.248. The van der Waals surface area contributed by atoms with Crippen molar-refractivity contribution in [1.82, 2.24) is 0 Å². The van der Waals surface area contributed by atoms with Crippen molar-refractivity contribution in [3.63, 3.8) is 0 Å². The largest absolute Gasteiger partial charge is 0.463 e. The van der Waals surface area contributed by atoms with E-state index >= 15 is 0 Å². The first kappa shape index (κ1) is 15.3. The van der Waals surface area contributed by atoms with Crippen molar-refractivity contribution < 1.29 is 19.4 Å². The van der Waals surface area contributed by atoms with E-state index in [0.29, 0.717) is 6.42 Å². The molecule has 0 spiro atoms. The van der Waals surface area contributed by atoms with Crippen molar-refractivity contribution in [2.24, 2.45) is 0 Å². The molecule has 20 heavy (non-hydrogen) atoms. The fraction of sp³-hybridized carbons (Fsp3) is 0.250. The molecule has 0 saturated carbocycles. The van der Waals surface area contributed by atoms with E-state index in [-0.39, 0.29) is 30.0 Å². The number of nitro benzene ring substituents is 2. The molecule has 106 valence electrons. The number of nitrogens with zero attached hydrogens (tertiary/aromatic N) is 2. The van der Waals surface area contributed by atoms with E-state index in [2.05, 4.69) is 6.58 Å². The van der Waals surface area contributed by atoms with Gasteiger partial charge in [-0.1, -0.05) is 6.58 Å². The molecule has 1 rings (SSSR count). The molecule has 8 heteroatoms. The van der Waals surface area contributed by atoms with E-state index in [9.17, 15) is 25.0 Å². The van der Waals surface area contributed by atoms with Crippen molar-refractivity contribution in [3.05, 3.63) is 56.6 Å². The van der Waals surface area contributed by atoms with Gasteiger partial charge in [0, 0.05) is 29.8 Å². The number of nitro groups is 2. The molecule has 0 aliphatic heterocycles. The number of rotatable bonds is 7. The van der Waals surface area contributed by atoms with Crippen molar-refractivity contribution in [3.8, 4) is 0 Å². The summed E-state index contributed by atoms with van der Waals surface area (Å²) in [4.78, 5) is 31.1. The Morgan fingerprint density at radius 3 is 2.55 bits per heavy atom. The van der Waals surface area contributed by atoms with Crippen LogP contribution < -0.4 is 0 Å². The first-order valence-corrected chi connectivity index (χ1v) is 5.66. The Labute approximate surface area is 114 Å². The van der Waals surface area contributed by atoms with Gasteiger partial charge in [0.25, 0.3) is 11.4 Å². The van der Waals surface area contributed by atoms with Gasteiger partial charge in [0.05, 0.1) is 16.5 Å². The standard InChI is InChI=1S/C12H12N2O6/c1-2-12(15)20-7-3-4-9-8-10(13(16)17)5-6-11(9)14(18)19/h2,5-6,8H,1,3-4,7H2. The monoisotopic (exact) mass is 280 g/mol. The molecular formula is C12H12N2O6. The van der Waals surface area contributed by atoms with Gasteiger partial charge in [0.1, 0.15) is 0 Å². The maximum atomic E-state index is 10.8. The second-order valence-corrected chi connectivity index (χ2v) is 3.80. The van der Waals surface area contributed by atoms with E-state index in [1.54, 1.807) is 0 Å². The van der Waals surface area contributed by atoms with Crippen LogP contribution in [0, 0.1) is 20.2 Å². The number of esters is 1. The summed E-state index contributed by atoms with van der Waals surface area (Å²) in [7, 11) is 0. The summed E-state index contributed by atoms with van der Waals surface area (Å²) in [5.41, 5.74) is -0.168. The minimum absolute atomic E-state index is 0.0602. The van der Waals surface area contributed by atoms with Gasteiger partial charge in [-0.3, -0.25) is 20.2 Å². The molecule has 0 unspecified atom stereocenters. The van der Waals surface area contributed by atoms with Gasteiger partial charge in [-0.2, -0.15) is 0 Å². The first-order chi connectivity index (χ1) is 9.45. The number of hydrogen-bond donors (Lipinski definition) is 0. The molecule has 0 atom stereocenters. The van der Waals surface area contributed by atoms with Crippen LogP contribution >= 0.6 is 0 Å². The highest BCUT2D eigenvalue weighted by molar-refractivity contribution is 5.81. The van der Waals surface area contributed by atoms with Crippen LogP contribution in [0.3, 0.4) is 0 Å². The summed E-state index contributed by atoms with van der Waals surface area (Å²) in [5, 5.41) is 21.5. The van der Waals surface area contributed by atoms with Crippen molar-refractivity contribution in [1.29, 1.82) is 0 Å². The van der Waals surface area contributed by atoms with Gasteiger partial charge in [-0.05, 0) is 12.8 Å². The zero-order valence-corrected chi connectivity index (χ0v) is 10.5. The smallest absolute Gasteiger partial charge is 0.330 e. The van der Waals surface area contributed by atoms with Gasteiger partial charge in [0.2, 0.25) is 0 Å². The molecular weight excluding hydrogens is 268 g/mol. The lowest BCUT2D eigenvalue weighted by Gasteiger charge is -2.04. The summed E-state index contributed by atoms with van der Waals surface area (Å²) < 4.78 is 4.73. The molecule has 0 amide bonds. The van der Waals surface area contributed by atoms with Crippen LogP contribution in [0.4, 0.5) is 11.4 Å². The molecule has 1 aromatic carbocycles. The fourth-order valence-corrected chi connectivity index (χ4v) is 1.56. The van der Waals surface area contributed by atoms with Crippen molar-refractivity contribution in [2.75, 3.05) is 6.61 Å². The molecule has 0 aromatic heterocycles. The maximum Gasteiger partial charge on any atom is 0.330 e. The Balaban J connectivity index is 2.77. The predicted octanol–water partition coefficient (Wildman–Crippen LogP) is 2.16. The molecule has 0 N–H and O–H groups in total. The van der Waals surface area contributed by atoms with Crippen LogP contribution in [0.15, 0.2) is 30.9 Å². The Hall–Kier alpha value is -2.77. The molecule has 0 bridgehead atoms. The van der Waals surface area contributed by atoms with Crippen molar-refractivity contribution >= 4 is 17.3 Å². The first-order valence-electron chi connectivity index (χ1n) is 5.66. The van der Waals surface area contributed by atoms with Crippen LogP contribution in [0.25, 0.3) is 0 Å². The third-order valence-electron chi connectivity index (χ3n) is 2.47. The second-order valence-electron chi connectivity index (χ2n) is 3.80. The van der Waals surface area contributed by atoms with Crippen LogP contribution in [0.5, 0.6) is 0 Å².